The van der Waals surface area contributed by atoms with E-state index < -0.39 is 0 Å². The van der Waals surface area contributed by atoms with Crippen molar-refractivity contribution < 1.29 is 0 Å². The predicted molar refractivity (Wildman–Crippen MR) is 49.6 cm³/mol. The number of aromatic nitrogens is 1. The van der Waals surface area contributed by atoms with E-state index in [1.807, 2.05) is 12.1 Å². The van der Waals surface area contributed by atoms with Crippen LogP contribution in [0.4, 0.5) is 0 Å². The van der Waals surface area contributed by atoms with Gasteiger partial charge in [0.25, 0.3) is 0 Å². The van der Waals surface area contributed by atoms with Crippen LogP contribution in [0.3, 0.4) is 0 Å². The molecule has 0 radical (unpaired) electrons. The van der Waals surface area contributed by atoms with Crippen molar-refractivity contribution in [2.75, 3.05) is 6.54 Å². The number of pyridine rings is 1. The van der Waals surface area contributed by atoms with Crippen LogP contribution in [0.2, 0.25) is 0 Å². The molecule has 1 aromatic rings. The SMILES string of the molecule is C[C@H](CN)NCc1ccncc1. The minimum absolute atomic E-state index is 0.373. The van der Waals surface area contributed by atoms with Gasteiger partial charge in [-0.3, -0.25) is 4.98 Å². The lowest BCUT2D eigenvalue weighted by Crippen LogP contribution is -2.32. The normalized spacial score (nSPS) is 12.8. The van der Waals surface area contributed by atoms with Crippen LogP contribution < -0.4 is 11.1 Å². The summed E-state index contributed by atoms with van der Waals surface area (Å²) in [5.41, 5.74) is 6.70. The summed E-state index contributed by atoms with van der Waals surface area (Å²) < 4.78 is 0. The minimum Gasteiger partial charge on any atom is -0.329 e. The van der Waals surface area contributed by atoms with Crippen molar-refractivity contribution in [1.82, 2.24) is 10.3 Å². The molecule has 0 bridgehead atoms. The van der Waals surface area contributed by atoms with Gasteiger partial charge in [0.2, 0.25) is 0 Å². The van der Waals surface area contributed by atoms with Gasteiger partial charge in [-0.2, -0.15) is 0 Å². The lowest BCUT2D eigenvalue weighted by Gasteiger charge is -2.10. The lowest BCUT2D eigenvalue weighted by atomic mass is 10.2. The third-order valence-electron chi connectivity index (χ3n) is 1.76. The third kappa shape index (κ3) is 2.98. The highest BCUT2D eigenvalue weighted by Gasteiger charge is 1.96. The first-order valence-electron chi connectivity index (χ1n) is 4.15. The zero-order valence-corrected chi connectivity index (χ0v) is 7.33. The highest BCUT2D eigenvalue weighted by atomic mass is 14.9. The number of rotatable bonds is 4. The summed E-state index contributed by atoms with van der Waals surface area (Å²) in [4.78, 5) is 3.94. The third-order valence-corrected chi connectivity index (χ3v) is 1.76. The molecule has 3 heteroatoms. The maximum atomic E-state index is 5.46. The Bertz CT molecular complexity index is 210. The Morgan fingerprint density at radius 3 is 2.75 bits per heavy atom. The molecule has 0 amide bonds. The predicted octanol–water partition coefficient (Wildman–Crippen LogP) is 0.518. The van der Waals surface area contributed by atoms with Gasteiger partial charge in [0.1, 0.15) is 0 Å². The largest absolute Gasteiger partial charge is 0.329 e. The zero-order valence-electron chi connectivity index (χ0n) is 7.33. The number of nitrogens with two attached hydrogens (primary N) is 1. The Hall–Kier alpha value is -0.930. The van der Waals surface area contributed by atoms with E-state index in [9.17, 15) is 0 Å². The molecule has 1 atom stereocenters. The van der Waals surface area contributed by atoms with Crippen molar-refractivity contribution in [2.45, 2.75) is 19.5 Å². The number of hydrogen-bond donors (Lipinski definition) is 2. The lowest BCUT2D eigenvalue weighted by molar-refractivity contribution is 0.556. The standard InChI is InChI=1S/C9H15N3/c1-8(6-10)12-7-9-2-4-11-5-3-9/h2-5,8,12H,6-7,10H2,1H3/t8-/m1/s1. The van der Waals surface area contributed by atoms with E-state index in [0.717, 1.165) is 6.54 Å². The van der Waals surface area contributed by atoms with Crippen LogP contribution >= 0.6 is 0 Å². The fourth-order valence-electron chi connectivity index (χ4n) is 0.876. The topological polar surface area (TPSA) is 50.9 Å². The van der Waals surface area contributed by atoms with Gasteiger partial charge in [-0.05, 0) is 24.6 Å². The second kappa shape index (κ2) is 4.85. The number of nitrogens with one attached hydrogen (secondary N) is 1. The molecular formula is C9H15N3. The fraction of sp³-hybridized carbons (Fsp3) is 0.444. The smallest absolute Gasteiger partial charge is 0.0271 e. The summed E-state index contributed by atoms with van der Waals surface area (Å²) >= 11 is 0. The Morgan fingerprint density at radius 1 is 1.50 bits per heavy atom. The van der Waals surface area contributed by atoms with Crippen LogP contribution in [0, 0.1) is 0 Å². The summed E-state index contributed by atoms with van der Waals surface area (Å²) in [6.45, 7) is 3.60. The minimum atomic E-state index is 0.373. The van der Waals surface area contributed by atoms with Gasteiger partial charge < -0.3 is 11.1 Å². The molecular weight excluding hydrogens is 150 g/mol. The summed E-state index contributed by atoms with van der Waals surface area (Å²) in [5.74, 6) is 0. The van der Waals surface area contributed by atoms with E-state index in [4.69, 9.17) is 5.73 Å². The van der Waals surface area contributed by atoms with Crippen LogP contribution in [0.5, 0.6) is 0 Å². The molecule has 0 aliphatic carbocycles. The Labute approximate surface area is 73.0 Å². The molecule has 0 aliphatic rings. The molecule has 3 N–H and O–H groups in total. The molecule has 0 aliphatic heterocycles. The average Bonchev–Trinajstić information content (AvgIpc) is 2.16. The van der Waals surface area contributed by atoms with E-state index in [-0.39, 0.29) is 0 Å². The molecule has 0 fully saturated rings. The Balaban J connectivity index is 2.33. The molecule has 0 saturated carbocycles. The van der Waals surface area contributed by atoms with E-state index in [1.54, 1.807) is 12.4 Å². The molecule has 1 heterocycles. The van der Waals surface area contributed by atoms with Crippen LogP contribution in [0.25, 0.3) is 0 Å². The highest BCUT2D eigenvalue weighted by Crippen LogP contribution is 1.95. The second-order valence-corrected chi connectivity index (χ2v) is 2.87. The monoisotopic (exact) mass is 165 g/mol. The van der Waals surface area contributed by atoms with Crippen LogP contribution in [-0.2, 0) is 6.54 Å². The Morgan fingerprint density at radius 2 is 2.17 bits per heavy atom. The molecule has 66 valence electrons. The summed E-state index contributed by atoms with van der Waals surface area (Å²) in [6, 6.07) is 4.37. The van der Waals surface area contributed by atoms with Gasteiger partial charge in [-0.15, -0.1) is 0 Å². The van der Waals surface area contributed by atoms with E-state index in [0.29, 0.717) is 12.6 Å². The van der Waals surface area contributed by atoms with Crippen LogP contribution in [0.15, 0.2) is 24.5 Å². The van der Waals surface area contributed by atoms with Crippen molar-refractivity contribution in [3.8, 4) is 0 Å². The van der Waals surface area contributed by atoms with Gasteiger partial charge >= 0.3 is 0 Å². The molecule has 0 aromatic carbocycles. The van der Waals surface area contributed by atoms with Crippen molar-refractivity contribution >= 4 is 0 Å². The molecule has 1 aromatic heterocycles. The van der Waals surface area contributed by atoms with Crippen LogP contribution in [0.1, 0.15) is 12.5 Å². The quantitative estimate of drug-likeness (QED) is 0.683. The summed E-state index contributed by atoms with van der Waals surface area (Å²) in [6.07, 6.45) is 3.59. The van der Waals surface area contributed by atoms with E-state index in [1.165, 1.54) is 5.56 Å². The van der Waals surface area contributed by atoms with Gasteiger partial charge in [-0.1, -0.05) is 0 Å². The molecule has 3 nitrogen and oxygen atoms in total. The van der Waals surface area contributed by atoms with Gasteiger partial charge in [0.05, 0.1) is 0 Å². The average molecular weight is 165 g/mol. The first kappa shape index (κ1) is 9.16. The van der Waals surface area contributed by atoms with Crippen molar-refractivity contribution in [1.29, 1.82) is 0 Å². The van der Waals surface area contributed by atoms with Crippen molar-refractivity contribution in [2.24, 2.45) is 5.73 Å². The van der Waals surface area contributed by atoms with Crippen molar-refractivity contribution in [3.63, 3.8) is 0 Å². The fourth-order valence-corrected chi connectivity index (χ4v) is 0.876. The second-order valence-electron chi connectivity index (χ2n) is 2.87. The highest BCUT2D eigenvalue weighted by molar-refractivity contribution is 5.09. The van der Waals surface area contributed by atoms with Crippen LogP contribution in [-0.4, -0.2) is 17.6 Å². The summed E-state index contributed by atoms with van der Waals surface area (Å²) in [7, 11) is 0. The number of nitrogens with zero attached hydrogens (tertiary/aromatic N) is 1. The maximum absolute atomic E-state index is 5.46. The molecule has 0 spiro atoms. The first-order valence-corrected chi connectivity index (χ1v) is 4.15. The van der Waals surface area contributed by atoms with Gasteiger partial charge in [0, 0.05) is 31.5 Å². The maximum Gasteiger partial charge on any atom is 0.0271 e. The van der Waals surface area contributed by atoms with Gasteiger partial charge in [0.15, 0.2) is 0 Å². The molecule has 0 unspecified atom stereocenters. The summed E-state index contributed by atoms with van der Waals surface area (Å²) in [5, 5.41) is 3.30. The van der Waals surface area contributed by atoms with Crippen molar-refractivity contribution in [3.05, 3.63) is 30.1 Å². The van der Waals surface area contributed by atoms with Gasteiger partial charge in [-0.25, -0.2) is 0 Å². The molecule has 12 heavy (non-hydrogen) atoms. The molecule has 1 rings (SSSR count). The first-order chi connectivity index (χ1) is 5.83. The molecule has 0 saturated heterocycles. The Kier molecular flexibility index (Phi) is 3.70. The number of hydrogen-bond acceptors (Lipinski definition) is 3. The van der Waals surface area contributed by atoms with E-state index >= 15 is 0 Å². The zero-order chi connectivity index (χ0) is 8.81. The van der Waals surface area contributed by atoms with E-state index in [2.05, 4.69) is 17.2 Å².